The van der Waals surface area contributed by atoms with Gasteiger partial charge in [0.2, 0.25) is 0 Å². The van der Waals surface area contributed by atoms with Crippen LogP contribution in [0.3, 0.4) is 0 Å². The highest BCUT2D eigenvalue weighted by molar-refractivity contribution is 5.30. The molecule has 0 aromatic carbocycles. The van der Waals surface area contributed by atoms with Crippen LogP contribution >= 0.6 is 0 Å². The second kappa shape index (κ2) is 2.92. The van der Waals surface area contributed by atoms with E-state index < -0.39 is 12.0 Å². The number of aliphatic hydroxyl groups excluding tert-OH is 1. The molecule has 0 aromatic heterocycles. The fraction of sp³-hybridized carbons (Fsp3) is 0.429. The first-order valence-electron chi connectivity index (χ1n) is 3.05. The van der Waals surface area contributed by atoms with Crippen LogP contribution in [0, 0.1) is 0 Å². The van der Waals surface area contributed by atoms with Gasteiger partial charge in [-0.2, -0.15) is 0 Å². The predicted octanol–water partition coefficient (Wildman–Crippen LogP) is 1.50. The third kappa shape index (κ3) is 1.42. The molecule has 1 aliphatic carbocycles. The number of allylic oxidation sites excluding steroid dienone is 2. The average molecular weight is 146 g/mol. The van der Waals surface area contributed by atoms with Gasteiger partial charge < -0.3 is 5.11 Å². The molecule has 1 N–H and O–H groups in total. The second-order valence-corrected chi connectivity index (χ2v) is 2.15. The molecule has 0 bridgehead atoms. The third-order valence-electron chi connectivity index (χ3n) is 1.39. The van der Waals surface area contributed by atoms with Crippen molar-refractivity contribution in [3.05, 3.63) is 23.6 Å². The fourth-order valence-electron chi connectivity index (χ4n) is 0.826. The summed E-state index contributed by atoms with van der Waals surface area (Å²) in [4.78, 5) is 0. The molecule has 0 heterocycles. The number of alkyl halides is 1. The maximum absolute atomic E-state index is 12.5. The van der Waals surface area contributed by atoms with Crippen LogP contribution in [0.4, 0.5) is 8.78 Å². The summed E-state index contributed by atoms with van der Waals surface area (Å²) in [5.74, 6) is -0.638. The van der Waals surface area contributed by atoms with Gasteiger partial charge in [0.05, 0.1) is 6.61 Å². The zero-order valence-electron chi connectivity index (χ0n) is 5.35. The number of hydrogen-bond donors (Lipinski definition) is 1. The zero-order valence-corrected chi connectivity index (χ0v) is 5.35. The van der Waals surface area contributed by atoms with Crippen molar-refractivity contribution in [3.8, 4) is 0 Å². The van der Waals surface area contributed by atoms with Crippen LogP contribution in [0.2, 0.25) is 0 Å². The largest absolute Gasteiger partial charge is 0.392 e. The molecule has 0 spiro atoms. The molecule has 1 nitrogen and oxygen atoms in total. The molecule has 1 rings (SSSR count). The summed E-state index contributed by atoms with van der Waals surface area (Å²) in [5.41, 5.74) is 0.189. The lowest BCUT2D eigenvalue weighted by Gasteiger charge is -2.09. The van der Waals surface area contributed by atoms with E-state index in [0.29, 0.717) is 0 Å². The number of aliphatic hydroxyl groups is 1. The van der Waals surface area contributed by atoms with E-state index in [9.17, 15) is 8.78 Å². The molecule has 0 radical (unpaired) electrons. The Balaban J connectivity index is 2.71. The van der Waals surface area contributed by atoms with Crippen molar-refractivity contribution in [2.24, 2.45) is 0 Å². The Kier molecular flexibility index (Phi) is 2.17. The Morgan fingerprint density at radius 2 is 2.40 bits per heavy atom. The van der Waals surface area contributed by atoms with E-state index in [1.807, 2.05) is 0 Å². The highest BCUT2D eigenvalue weighted by Gasteiger charge is 2.13. The Labute approximate surface area is 57.7 Å². The minimum Gasteiger partial charge on any atom is -0.392 e. The first-order valence-corrected chi connectivity index (χ1v) is 3.05. The molecular formula is C7H8F2O. The first-order chi connectivity index (χ1) is 4.74. The van der Waals surface area contributed by atoms with Crippen LogP contribution < -0.4 is 0 Å². The van der Waals surface area contributed by atoms with E-state index in [1.165, 1.54) is 6.08 Å². The Hall–Kier alpha value is -0.700. The average Bonchev–Trinajstić information content (AvgIpc) is 1.88. The third-order valence-corrected chi connectivity index (χ3v) is 1.39. The summed E-state index contributed by atoms with van der Waals surface area (Å²) in [6.45, 7) is -0.352. The van der Waals surface area contributed by atoms with Crippen molar-refractivity contribution < 1.29 is 13.9 Å². The summed E-state index contributed by atoms with van der Waals surface area (Å²) in [5, 5.41) is 8.48. The first kappa shape index (κ1) is 7.41. The number of hydrogen-bond acceptors (Lipinski definition) is 1. The number of halogens is 2. The Bertz CT molecular complexity index is 184. The van der Waals surface area contributed by atoms with Crippen molar-refractivity contribution in [1.82, 2.24) is 0 Å². The SMILES string of the molecule is OCC1=CCC(F)C=C1F. The van der Waals surface area contributed by atoms with Gasteiger partial charge in [-0.05, 0) is 6.08 Å². The lowest BCUT2D eigenvalue weighted by Crippen LogP contribution is -2.04. The Morgan fingerprint density at radius 3 is 2.90 bits per heavy atom. The van der Waals surface area contributed by atoms with E-state index in [-0.39, 0.29) is 18.6 Å². The highest BCUT2D eigenvalue weighted by atomic mass is 19.1. The minimum atomic E-state index is -1.23. The van der Waals surface area contributed by atoms with Crippen LogP contribution in [-0.2, 0) is 0 Å². The van der Waals surface area contributed by atoms with Gasteiger partial charge in [0.1, 0.15) is 12.0 Å². The summed E-state index contributed by atoms with van der Waals surface area (Å²) in [6, 6.07) is 0. The van der Waals surface area contributed by atoms with E-state index in [4.69, 9.17) is 5.11 Å². The molecule has 1 unspecified atom stereocenters. The smallest absolute Gasteiger partial charge is 0.127 e. The van der Waals surface area contributed by atoms with Crippen molar-refractivity contribution in [3.63, 3.8) is 0 Å². The molecule has 1 aliphatic rings. The molecular weight excluding hydrogens is 138 g/mol. The Morgan fingerprint density at radius 1 is 1.70 bits per heavy atom. The zero-order chi connectivity index (χ0) is 7.56. The molecule has 10 heavy (non-hydrogen) atoms. The molecule has 0 aromatic rings. The van der Waals surface area contributed by atoms with Gasteiger partial charge in [-0.15, -0.1) is 0 Å². The van der Waals surface area contributed by atoms with E-state index >= 15 is 0 Å². The second-order valence-electron chi connectivity index (χ2n) is 2.15. The van der Waals surface area contributed by atoms with Crippen LogP contribution in [-0.4, -0.2) is 17.9 Å². The van der Waals surface area contributed by atoms with Gasteiger partial charge in [0.15, 0.2) is 0 Å². The monoisotopic (exact) mass is 146 g/mol. The predicted molar refractivity (Wildman–Crippen MR) is 33.9 cm³/mol. The van der Waals surface area contributed by atoms with Crippen LogP contribution in [0.15, 0.2) is 23.6 Å². The van der Waals surface area contributed by atoms with Crippen LogP contribution in [0.25, 0.3) is 0 Å². The fourth-order valence-corrected chi connectivity index (χ4v) is 0.826. The van der Waals surface area contributed by atoms with E-state index in [2.05, 4.69) is 0 Å². The van der Waals surface area contributed by atoms with Gasteiger partial charge in [0, 0.05) is 12.0 Å². The van der Waals surface area contributed by atoms with Crippen LogP contribution in [0.5, 0.6) is 0 Å². The maximum atomic E-state index is 12.5. The molecule has 1 atom stereocenters. The topological polar surface area (TPSA) is 20.2 Å². The van der Waals surface area contributed by atoms with E-state index in [1.54, 1.807) is 0 Å². The molecule has 0 amide bonds. The summed E-state index contributed by atoms with van der Waals surface area (Å²) < 4.78 is 24.8. The molecule has 0 saturated carbocycles. The van der Waals surface area contributed by atoms with Gasteiger partial charge >= 0.3 is 0 Å². The standard InChI is InChI=1S/C7H8F2O/c8-6-2-1-5(4-10)7(9)3-6/h1,3,6,10H,2,4H2. The molecule has 0 aliphatic heterocycles. The van der Waals surface area contributed by atoms with Crippen molar-refractivity contribution >= 4 is 0 Å². The van der Waals surface area contributed by atoms with E-state index in [0.717, 1.165) is 6.08 Å². The lowest BCUT2D eigenvalue weighted by atomic mass is 10.1. The maximum Gasteiger partial charge on any atom is 0.127 e. The molecule has 56 valence electrons. The van der Waals surface area contributed by atoms with Gasteiger partial charge in [0.25, 0.3) is 0 Å². The quantitative estimate of drug-likeness (QED) is 0.594. The molecule has 3 heteroatoms. The van der Waals surface area contributed by atoms with Gasteiger partial charge in [-0.1, -0.05) is 6.08 Å². The van der Waals surface area contributed by atoms with Crippen molar-refractivity contribution in [2.45, 2.75) is 12.6 Å². The van der Waals surface area contributed by atoms with Gasteiger partial charge in [-0.3, -0.25) is 0 Å². The summed E-state index contributed by atoms with van der Waals surface area (Å²) in [6.07, 6.45) is 1.20. The van der Waals surface area contributed by atoms with Crippen LogP contribution in [0.1, 0.15) is 6.42 Å². The molecule has 0 saturated heterocycles. The minimum absolute atomic E-state index is 0.170. The normalized spacial score (nSPS) is 25.7. The van der Waals surface area contributed by atoms with Crippen molar-refractivity contribution in [2.75, 3.05) is 6.61 Å². The summed E-state index contributed by atoms with van der Waals surface area (Å²) >= 11 is 0. The molecule has 0 fully saturated rings. The van der Waals surface area contributed by atoms with Gasteiger partial charge in [-0.25, -0.2) is 8.78 Å². The highest BCUT2D eigenvalue weighted by Crippen LogP contribution is 2.20. The van der Waals surface area contributed by atoms with Crippen molar-refractivity contribution in [1.29, 1.82) is 0 Å². The lowest BCUT2D eigenvalue weighted by molar-refractivity contribution is 0.320. The summed E-state index contributed by atoms with van der Waals surface area (Å²) in [7, 11) is 0. The number of rotatable bonds is 1.